The van der Waals surface area contributed by atoms with Crippen LogP contribution in [0.5, 0.6) is 0 Å². The molecule has 0 aliphatic carbocycles. The van der Waals surface area contributed by atoms with Crippen molar-refractivity contribution < 1.29 is 13.6 Å². The Morgan fingerprint density at radius 3 is 2.70 bits per heavy atom. The average Bonchev–Trinajstić information content (AvgIpc) is 2.86. The summed E-state index contributed by atoms with van der Waals surface area (Å²) in [7, 11) is 0. The fraction of sp³-hybridized carbons (Fsp3) is 0.464. The average molecular weight is 554 g/mol. The third kappa shape index (κ3) is 9.08. The van der Waals surface area contributed by atoms with Crippen molar-refractivity contribution in [3.63, 3.8) is 0 Å². The molecule has 2 unspecified atom stereocenters. The Labute approximate surface area is 229 Å². The highest BCUT2D eigenvalue weighted by Crippen LogP contribution is 2.35. The summed E-state index contributed by atoms with van der Waals surface area (Å²) in [5.74, 6) is -3.33. The molecule has 37 heavy (non-hydrogen) atoms. The summed E-state index contributed by atoms with van der Waals surface area (Å²) in [6.45, 7) is 9.19. The van der Waals surface area contributed by atoms with Crippen LogP contribution in [0.2, 0.25) is 5.02 Å². The van der Waals surface area contributed by atoms with Crippen LogP contribution in [-0.4, -0.2) is 48.3 Å². The summed E-state index contributed by atoms with van der Waals surface area (Å²) >= 11 is 12.3. The van der Waals surface area contributed by atoms with Gasteiger partial charge in [0.05, 0.1) is 24.2 Å². The number of nitrogens with one attached hydrogen (secondary N) is 1. The molecule has 1 aliphatic heterocycles. The predicted molar refractivity (Wildman–Crippen MR) is 151 cm³/mol. The SMILES string of the molecule is C/C=C\C=NCc1ccc(Cl)cc1C(=O)N1CC(F)(F)CC(C)C1CNC(/N=C\C(Cl)=C/C)=C(\C)CC. The lowest BCUT2D eigenvalue weighted by Gasteiger charge is -2.44. The van der Waals surface area contributed by atoms with E-state index < -0.39 is 30.3 Å². The van der Waals surface area contributed by atoms with Gasteiger partial charge in [-0.25, -0.2) is 13.8 Å². The third-order valence-corrected chi connectivity index (χ3v) is 6.85. The molecule has 5 nitrogen and oxygen atoms in total. The lowest BCUT2D eigenvalue weighted by atomic mass is 9.87. The van der Waals surface area contributed by atoms with Crippen LogP contribution in [-0.2, 0) is 6.54 Å². The van der Waals surface area contributed by atoms with Crippen LogP contribution in [0.3, 0.4) is 0 Å². The zero-order valence-electron chi connectivity index (χ0n) is 22.1. The van der Waals surface area contributed by atoms with E-state index >= 15 is 0 Å². The Morgan fingerprint density at radius 2 is 2.05 bits per heavy atom. The predicted octanol–water partition coefficient (Wildman–Crippen LogP) is 7.42. The van der Waals surface area contributed by atoms with Crippen LogP contribution >= 0.6 is 23.2 Å². The molecule has 1 aromatic rings. The van der Waals surface area contributed by atoms with E-state index in [4.69, 9.17) is 23.2 Å². The van der Waals surface area contributed by atoms with Crippen LogP contribution < -0.4 is 5.32 Å². The van der Waals surface area contributed by atoms with Gasteiger partial charge in [0.15, 0.2) is 0 Å². The quantitative estimate of drug-likeness (QED) is 0.307. The number of halogens is 4. The second-order valence-electron chi connectivity index (χ2n) is 9.15. The second-order valence-corrected chi connectivity index (χ2v) is 10.0. The summed E-state index contributed by atoms with van der Waals surface area (Å²) in [5, 5.41) is 4.13. The minimum atomic E-state index is -3.00. The standard InChI is InChI=1S/C28H36Cl2F2N4O/c1-6-9-12-33-15-21-10-11-23(30)13-24(21)27(37)36-18-28(31,32)14-20(5)25(36)17-35-26(19(4)7-2)34-16-22(29)8-3/h6,8-13,16,20,25,35H,7,14-15,17-18H2,1-5H3/b9-6-,22-8+,26-19+,33-12?,34-16-. The molecule has 0 radical (unpaired) electrons. The molecule has 9 heteroatoms. The van der Waals surface area contributed by atoms with Crippen LogP contribution in [0.15, 0.2) is 62.8 Å². The molecule has 1 N–H and O–H groups in total. The molecule has 2 atom stereocenters. The monoisotopic (exact) mass is 552 g/mol. The Kier molecular flexibility index (Phi) is 12.0. The first-order chi connectivity index (χ1) is 17.5. The normalized spacial score (nSPS) is 21.2. The van der Waals surface area contributed by atoms with E-state index in [1.54, 1.807) is 44.3 Å². The first-order valence-corrected chi connectivity index (χ1v) is 13.2. The Bertz CT molecular complexity index is 1100. The number of carbonyl (C=O) groups is 1. The van der Waals surface area contributed by atoms with E-state index in [9.17, 15) is 13.6 Å². The summed E-state index contributed by atoms with van der Waals surface area (Å²) in [5.41, 5.74) is 1.88. The number of hydrogen-bond donors (Lipinski definition) is 1. The molecule has 1 amide bonds. The van der Waals surface area contributed by atoms with Crippen LogP contribution in [0.1, 0.15) is 63.4 Å². The van der Waals surface area contributed by atoms with E-state index in [2.05, 4.69) is 15.3 Å². The maximum Gasteiger partial charge on any atom is 0.265 e. The summed E-state index contributed by atoms with van der Waals surface area (Å²) in [6, 6.07) is 4.43. The van der Waals surface area contributed by atoms with Crippen molar-refractivity contribution in [2.45, 2.75) is 66.0 Å². The van der Waals surface area contributed by atoms with Gasteiger partial charge < -0.3 is 10.2 Å². The van der Waals surface area contributed by atoms with Gasteiger partial charge in [0, 0.05) is 36.0 Å². The minimum Gasteiger partial charge on any atom is -0.368 e. The number of nitrogens with zero attached hydrogens (tertiary/aromatic N) is 3. The number of alkyl halides is 2. The highest BCUT2D eigenvalue weighted by Gasteiger charge is 2.46. The van der Waals surface area contributed by atoms with Gasteiger partial charge >= 0.3 is 0 Å². The van der Waals surface area contributed by atoms with Crippen molar-refractivity contribution in [3.8, 4) is 0 Å². The Balaban J connectivity index is 2.40. The number of rotatable bonds is 10. The highest BCUT2D eigenvalue weighted by atomic mass is 35.5. The fourth-order valence-electron chi connectivity index (χ4n) is 4.09. The number of carbonyl (C=O) groups excluding carboxylic acids is 1. The Morgan fingerprint density at radius 1 is 1.32 bits per heavy atom. The second kappa shape index (κ2) is 14.4. The number of benzene rings is 1. The van der Waals surface area contributed by atoms with Crippen molar-refractivity contribution in [2.75, 3.05) is 13.1 Å². The molecule has 0 bridgehead atoms. The number of allylic oxidation sites excluding steroid dienone is 5. The maximum absolute atomic E-state index is 14.7. The molecule has 202 valence electrons. The fourth-order valence-corrected chi connectivity index (χ4v) is 4.31. The van der Waals surface area contributed by atoms with Gasteiger partial charge in [0.2, 0.25) is 0 Å². The van der Waals surface area contributed by atoms with Gasteiger partial charge in [0.25, 0.3) is 11.8 Å². The maximum atomic E-state index is 14.7. The van der Waals surface area contributed by atoms with Gasteiger partial charge in [-0.1, -0.05) is 55.3 Å². The third-order valence-electron chi connectivity index (χ3n) is 6.29. The molecule has 0 saturated carbocycles. The van der Waals surface area contributed by atoms with E-state index in [1.807, 2.05) is 26.8 Å². The van der Waals surface area contributed by atoms with Crippen molar-refractivity contribution in [3.05, 3.63) is 69.0 Å². The van der Waals surface area contributed by atoms with Crippen molar-refractivity contribution in [1.29, 1.82) is 0 Å². The lowest BCUT2D eigenvalue weighted by Crippen LogP contribution is -2.58. The molecule has 1 aliphatic rings. The highest BCUT2D eigenvalue weighted by molar-refractivity contribution is 6.39. The number of amides is 1. The van der Waals surface area contributed by atoms with E-state index in [0.717, 1.165) is 12.0 Å². The topological polar surface area (TPSA) is 57.1 Å². The molecule has 1 heterocycles. The van der Waals surface area contributed by atoms with Gasteiger partial charge in [-0.3, -0.25) is 9.79 Å². The molecule has 1 saturated heterocycles. The van der Waals surface area contributed by atoms with Crippen LogP contribution in [0, 0.1) is 5.92 Å². The van der Waals surface area contributed by atoms with E-state index in [-0.39, 0.29) is 25.1 Å². The van der Waals surface area contributed by atoms with Crippen molar-refractivity contribution in [2.24, 2.45) is 15.9 Å². The van der Waals surface area contributed by atoms with Gasteiger partial charge in [0.1, 0.15) is 5.82 Å². The molecular weight excluding hydrogens is 517 g/mol. The molecule has 1 fully saturated rings. The number of piperidine rings is 1. The summed E-state index contributed by atoms with van der Waals surface area (Å²) in [4.78, 5) is 23.8. The molecule has 0 aromatic heterocycles. The molecule has 1 aromatic carbocycles. The molecule has 0 spiro atoms. The number of aliphatic imine (C=N–C) groups is 2. The lowest BCUT2D eigenvalue weighted by molar-refractivity contribution is -0.0912. The largest absolute Gasteiger partial charge is 0.368 e. The number of hydrogen-bond acceptors (Lipinski definition) is 4. The van der Waals surface area contributed by atoms with Crippen molar-refractivity contribution >= 4 is 41.5 Å². The van der Waals surface area contributed by atoms with Gasteiger partial charge in [-0.2, -0.15) is 0 Å². The van der Waals surface area contributed by atoms with Crippen molar-refractivity contribution in [1.82, 2.24) is 10.2 Å². The van der Waals surface area contributed by atoms with E-state index in [1.165, 1.54) is 17.2 Å². The number of likely N-dealkylation sites (tertiary alicyclic amines) is 1. The first kappa shape index (κ1) is 30.7. The Hall–Kier alpha value is -2.51. The van der Waals surface area contributed by atoms with Gasteiger partial charge in [-0.15, -0.1) is 0 Å². The summed E-state index contributed by atoms with van der Waals surface area (Å²) < 4.78 is 29.5. The zero-order valence-corrected chi connectivity index (χ0v) is 23.6. The molecular formula is C28H36Cl2F2N4O. The smallest absolute Gasteiger partial charge is 0.265 e. The van der Waals surface area contributed by atoms with Crippen LogP contribution in [0.4, 0.5) is 8.78 Å². The minimum absolute atomic E-state index is 0.230. The summed E-state index contributed by atoms with van der Waals surface area (Å²) in [6.07, 6.45) is 8.95. The van der Waals surface area contributed by atoms with Crippen LogP contribution in [0.25, 0.3) is 0 Å². The van der Waals surface area contributed by atoms with E-state index in [0.29, 0.717) is 21.4 Å². The molecule has 2 rings (SSSR count). The first-order valence-electron chi connectivity index (χ1n) is 12.4. The zero-order chi connectivity index (χ0) is 27.6. The van der Waals surface area contributed by atoms with Gasteiger partial charge in [-0.05, 0) is 62.5 Å².